The maximum atomic E-state index is 9.13. The number of nitrogens with two attached hydrogens (primary N) is 1. The molecule has 1 aromatic carbocycles. The van der Waals surface area contributed by atoms with Crippen molar-refractivity contribution in [3.8, 4) is 11.5 Å². The average Bonchev–Trinajstić information content (AvgIpc) is 2.27. The first kappa shape index (κ1) is 12.8. The van der Waals surface area contributed by atoms with Gasteiger partial charge in [0, 0.05) is 0 Å². The Bertz CT molecular complexity index is 377. The number of aliphatic hydroxyl groups is 1. The fourth-order valence-electron chi connectivity index (χ4n) is 2.01. The molecule has 0 heterocycles. The minimum absolute atomic E-state index is 0.0861. The average molecular weight is 225 g/mol. The van der Waals surface area contributed by atoms with E-state index in [-0.39, 0.29) is 12.6 Å². The van der Waals surface area contributed by atoms with Crippen molar-refractivity contribution >= 4 is 0 Å². The molecule has 0 aromatic heterocycles. The summed E-state index contributed by atoms with van der Waals surface area (Å²) in [5.74, 6) is 1.36. The minimum atomic E-state index is -0.389. The van der Waals surface area contributed by atoms with Gasteiger partial charge in [-0.25, -0.2) is 0 Å². The summed E-state index contributed by atoms with van der Waals surface area (Å²) < 4.78 is 10.5. The summed E-state index contributed by atoms with van der Waals surface area (Å²) in [5, 5.41) is 9.13. The number of ether oxygens (including phenoxy) is 2. The summed E-state index contributed by atoms with van der Waals surface area (Å²) in [7, 11) is 3.19. The van der Waals surface area contributed by atoms with E-state index in [4.69, 9.17) is 20.3 Å². The van der Waals surface area contributed by atoms with Crippen molar-refractivity contribution < 1.29 is 14.6 Å². The Morgan fingerprint density at radius 3 is 2.38 bits per heavy atom. The molecule has 4 heteroatoms. The van der Waals surface area contributed by atoms with Crippen molar-refractivity contribution in [1.82, 2.24) is 0 Å². The van der Waals surface area contributed by atoms with E-state index in [0.29, 0.717) is 11.5 Å². The number of methoxy groups -OCH3 is 2. The molecule has 0 aliphatic rings. The lowest BCUT2D eigenvalue weighted by atomic mass is 9.95. The first-order chi connectivity index (χ1) is 7.56. The summed E-state index contributed by atoms with van der Waals surface area (Å²) in [5.41, 5.74) is 8.70. The monoisotopic (exact) mass is 225 g/mol. The van der Waals surface area contributed by atoms with E-state index in [1.807, 2.05) is 19.9 Å². The molecule has 0 aliphatic heterocycles. The summed E-state index contributed by atoms with van der Waals surface area (Å²) in [4.78, 5) is 0. The van der Waals surface area contributed by atoms with Gasteiger partial charge in [0.05, 0.1) is 26.9 Å². The van der Waals surface area contributed by atoms with Crippen LogP contribution >= 0.6 is 0 Å². The van der Waals surface area contributed by atoms with E-state index in [1.54, 1.807) is 14.2 Å². The number of rotatable bonds is 4. The predicted octanol–water partition coefficient (Wildman–Crippen LogP) is 1.31. The maximum Gasteiger partial charge on any atom is 0.163 e. The molecule has 0 saturated carbocycles. The van der Waals surface area contributed by atoms with Gasteiger partial charge in [-0.15, -0.1) is 0 Å². The van der Waals surface area contributed by atoms with Crippen molar-refractivity contribution in [2.75, 3.05) is 20.8 Å². The third-order valence-corrected chi connectivity index (χ3v) is 2.73. The predicted molar refractivity (Wildman–Crippen MR) is 63.0 cm³/mol. The Morgan fingerprint density at radius 1 is 1.31 bits per heavy atom. The molecule has 90 valence electrons. The van der Waals surface area contributed by atoms with Crippen molar-refractivity contribution in [3.63, 3.8) is 0 Å². The Labute approximate surface area is 96.0 Å². The molecule has 16 heavy (non-hydrogen) atoms. The number of benzene rings is 1. The van der Waals surface area contributed by atoms with Crippen molar-refractivity contribution in [2.45, 2.75) is 19.9 Å². The molecular weight excluding hydrogens is 206 g/mol. The van der Waals surface area contributed by atoms with Crippen molar-refractivity contribution in [2.24, 2.45) is 5.73 Å². The number of hydrogen-bond donors (Lipinski definition) is 2. The van der Waals surface area contributed by atoms with Crippen LogP contribution in [0.3, 0.4) is 0 Å². The zero-order valence-corrected chi connectivity index (χ0v) is 10.2. The molecule has 0 amide bonds. The van der Waals surface area contributed by atoms with Gasteiger partial charge in [0.1, 0.15) is 0 Å². The molecule has 0 radical (unpaired) electrons. The highest BCUT2D eigenvalue weighted by molar-refractivity contribution is 5.54. The summed E-state index contributed by atoms with van der Waals surface area (Å²) in [6, 6.07) is 1.48. The van der Waals surface area contributed by atoms with Crippen LogP contribution in [0.15, 0.2) is 6.07 Å². The lowest BCUT2D eigenvalue weighted by Crippen LogP contribution is -2.17. The quantitative estimate of drug-likeness (QED) is 0.811. The third kappa shape index (κ3) is 2.13. The molecule has 4 nitrogen and oxygen atoms in total. The van der Waals surface area contributed by atoms with Crippen molar-refractivity contribution in [1.29, 1.82) is 0 Å². The Balaban J connectivity index is 3.40. The summed E-state index contributed by atoms with van der Waals surface area (Å²) in [6.07, 6.45) is 0. The standard InChI is InChI=1S/C12H19NO3/c1-7-5-10(15-3)12(16-4)8(2)11(7)9(13)6-14/h5,9,14H,6,13H2,1-4H3. The van der Waals surface area contributed by atoms with E-state index in [0.717, 1.165) is 16.7 Å². The van der Waals surface area contributed by atoms with E-state index in [2.05, 4.69) is 0 Å². The Kier molecular flexibility index (Phi) is 4.15. The second-order valence-corrected chi connectivity index (χ2v) is 3.76. The fourth-order valence-corrected chi connectivity index (χ4v) is 2.01. The SMILES string of the molecule is COc1cc(C)c(C(N)CO)c(C)c1OC. The zero-order chi connectivity index (χ0) is 12.3. The van der Waals surface area contributed by atoms with Gasteiger partial charge in [0.15, 0.2) is 11.5 Å². The molecular formula is C12H19NO3. The van der Waals surface area contributed by atoms with Crippen LogP contribution in [-0.2, 0) is 0 Å². The van der Waals surface area contributed by atoms with Crippen LogP contribution in [0.5, 0.6) is 11.5 Å². The van der Waals surface area contributed by atoms with E-state index in [1.165, 1.54) is 0 Å². The molecule has 0 aliphatic carbocycles. The van der Waals surface area contributed by atoms with Crippen molar-refractivity contribution in [3.05, 3.63) is 22.8 Å². The van der Waals surface area contributed by atoms with Crippen LogP contribution in [0, 0.1) is 13.8 Å². The topological polar surface area (TPSA) is 64.7 Å². The lowest BCUT2D eigenvalue weighted by Gasteiger charge is -2.20. The molecule has 0 spiro atoms. The lowest BCUT2D eigenvalue weighted by molar-refractivity contribution is 0.266. The summed E-state index contributed by atoms with van der Waals surface area (Å²) >= 11 is 0. The first-order valence-electron chi connectivity index (χ1n) is 5.15. The number of aryl methyl sites for hydroxylation is 1. The van der Waals surface area contributed by atoms with Crippen LogP contribution in [0.2, 0.25) is 0 Å². The second-order valence-electron chi connectivity index (χ2n) is 3.76. The molecule has 0 saturated heterocycles. The second kappa shape index (κ2) is 5.18. The largest absolute Gasteiger partial charge is 0.493 e. The van der Waals surface area contributed by atoms with Crippen LogP contribution < -0.4 is 15.2 Å². The van der Waals surface area contributed by atoms with Crippen LogP contribution in [0.4, 0.5) is 0 Å². The maximum absolute atomic E-state index is 9.13. The molecule has 0 bridgehead atoms. The smallest absolute Gasteiger partial charge is 0.163 e. The zero-order valence-electron chi connectivity index (χ0n) is 10.2. The molecule has 3 N–H and O–H groups in total. The number of hydrogen-bond acceptors (Lipinski definition) is 4. The van der Waals surface area contributed by atoms with Crippen LogP contribution in [0.25, 0.3) is 0 Å². The van der Waals surface area contributed by atoms with Crippen LogP contribution in [-0.4, -0.2) is 25.9 Å². The van der Waals surface area contributed by atoms with Gasteiger partial charge in [-0.1, -0.05) is 0 Å². The van der Waals surface area contributed by atoms with Gasteiger partial charge in [-0.2, -0.15) is 0 Å². The van der Waals surface area contributed by atoms with Gasteiger partial charge in [0.2, 0.25) is 0 Å². The molecule has 1 aromatic rings. The minimum Gasteiger partial charge on any atom is -0.493 e. The normalized spacial score (nSPS) is 12.4. The highest BCUT2D eigenvalue weighted by atomic mass is 16.5. The molecule has 0 fully saturated rings. The van der Waals surface area contributed by atoms with Crippen LogP contribution in [0.1, 0.15) is 22.7 Å². The Hall–Kier alpha value is -1.26. The molecule has 1 rings (SSSR count). The Morgan fingerprint density at radius 2 is 1.94 bits per heavy atom. The van der Waals surface area contributed by atoms with Gasteiger partial charge in [0.25, 0.3) is 0 Å². The van der Waals surface area contributed by atoms with Gasteiger partial charge in [-0.3, -0.25) is 0 Å². The van der Waals surface area contributed by atoms with Gasteiger partial charge >= 0.3 is 0 Å². The first-order valence-corrected chi connectivity index (χ1v) is 5.15. The van der Waals surface area contributed by atoms with Gasteiger partial charge < -0.3 is 20.3 Å². The highest BCUT2D eigenvalue weighted by Crippen LogP contribution is 2.37. The van der Waals surface area contributed by atoms with E-state index in [9.17, 15) is 0 Å². The van der Waals surface area contributed by atoms with E-state index >= 15 is 0 Å². The van der Waals surface area contributed by atoms with E-state index < -0.39 is 0 Å². The van der Waals surface area contributed by atoms with Gasteiger partial charge in [-0.05, 0) is 36.6 Å². The third-order valence-electron chi connectivity index (χ3n) is 2.73. The summed E-state index contributed by atoms with van der Waals surface area (Å²) in [6.45, 7) is 3.77. The molecule has 1 atom stereocenters. The number of aliphatic hydroxyl groups excluding tert-OH is 1. The fraction of sp³-hybridized carbons (Fsp3) is 0.500. The molecule has 1 unspecified atom stereocenters. The highest BCUT2D eigenvalue weighted by Gasteiger charge is 2.18.